The molecule has 30 heavy (non-hydrogen) atoms. The zero-order chi connectivity index (χ0) is 20.3. The van der Waals surface area contributed by atoms with Gasteiger partial charge in [0.15, 0.2) is 0 Å². The Balaban J connectivity index is 1.37. The molecule has 0 radical (unpaired) electrons. The first kappa shape index (κ1) is 18.9. The first-order chi connectivity index (χ1) is 14.8. The van der Waals surface area contributed by atoms with Crippen LogP contribution in [0.4, 0.5) is 0 Å². The highest BCUT2D eigenvalue weighted by atomic mass is 32.1. The maximum atomic E-state index is 5.38. The van der Waals surface area contributed by atoms with E-state index in [1.807, 2.05) is 12.1 Å². The van der Waals surface area contributed by atoms with Gasteiger partial charge in [-0.25, -0.2) is 4.98 Å². The molecule has 0 amide bonds. The number of thiophene rings is 1. The summed E-state index contributed by atoms with van der Waals surface area (Å²) in [5.74, 6) is 0.830. The lowest BCUT2D eigenvalue weighted by Crippen LogP contribution is -2.17. The summed E-state index contributed by atoms with van der Waals surface area (Å²) in [5.41, 5.74) is 6.92. The molecule has 0 aliphatic rings. The summed E-state index contributed by atoms with van der Waals surface area (Å²) >= 11 is 1.70. The van der Waals surface area contributed by atoms with E-state index >= 15 is 0 Å². The highest BCUT2D eigenvalue weighted by molar-refractivity contribution is 7.08. The minimum Gasteiger partial charge on any atom is -0.497 e. The Kier molecular flexibility index (Phi) is 5.22. The van der Waals surface area contributed by atoms with Gasteiger partial charge in [0.2, 0.25) is 0 Å². The predicted octanol–water partition coefficient (Wildman–Crippen LogP) is 5.79. The number of ether oxygens (including phenoxy) is 1. The predicted molar refractivity (Wildman–Crippen MR) is 125 cm³/mol. The molecular weight excluding hydrogens is 390 g/mol. The van der Waals surface area contributed by atoms with Gasteiger partial charge in [0.25, 0.3) is 0 Å². The molecule has 0 saturated heterocycles. The summed E-state index contributed by atoms with van der Waals surface area (Å²) in [5, 5.41) is 10.3. The van der Waals surface area contributed by atoms with Crippen molar-refractivity contribution in [1.82, 2.24) is 15.3 Å². The van der Waals surface area contributed by atoms with Gasteiger partial charge in [0.1, 0.15) is 5.75 Å². The first-order valence-corrected chi connectivity index (χ1v) is 11.0. The molecule has 3 aromatic heterocycles. The highest BCUT2D eigenvalue weighted by Gasteiger charge is 2.11. The van der Waals surface area contributed by atoms with E-state index in [2.05, 4.69) is 69.7 Å². The smallest absolute Gasteiger partial charge is 0.121 e. The fourth-order valence-electron chi connectivity index (χ4n) is 3.89. The van der Waals surface area contributed by atoms with Crippen molar-refractivity contribution in [2.24, 2.45) is 0 Å². The van der Waals surface area contributed by atoms with E-state index < -0.39 is 0 Å². The van der Waals surface area contributed by atoms with Crippen LogP contribution in [-0.2, 0) is 13.0 Å². The second-order valence-electron chi connectivity index (χ2n) is 7.35. The number of methoxy groups -OCH3 is 1. The number of rotatable bonds is 7. The van der Waals surface area contributed by atoms with Crippen molar-refractivity contribution in [3.05, 3.63) is 82.7 Å². The van der Waals surface area contributed by atoms with Gasteiger partial charge < -0.3 is 15.0 Å². The van der Waals surface area contributed by atoms with E-state index in [4.69, 9.17) is 9.72 Å². The number of para-hydroxylation sites is 1. The van der Waals surface area contributed by atoms with Gasteiger partial charge in [0, 0.05) is 46.0 Å². The lowest BCUT2D eigenvalue weighted by atomic mass is 10.0. The average molecular weight is 414 g/mol. The third-order valence-corrected chi connectivity index (χ3v) is 6.14. The number of hydrogen-bond acceptors (Lipinski definition) is 4. The van der Waals surface area contributed by atoms with Crippen molar-refractivity contribution in [1.29, 1.82) is 0 Å². The zero-order valence-electron chi connectivity index (χ0n) is 16.8. The van der Waals surface area contributed by atoms with Gasteiger partial charge in [-0.05, 0) is 59.8 Å². The number of nitrogens with zero attached hydrogens (tertiary/aromatic N) is 1. The van der Waals surface area contributed by atoms with Crippen molar-refractivity contribution in [3.8, 4) is 17.0 Å². The van der Waals surface area contributed by atoms with Crippen molar-refractivity contribution < 1.29 is 4.74 Å². The lowest BCUT2D eigenvalue weighted by molar-refractivity contribution is 0.415. The summed E-state index contributed by atoms with van der Waals surface area (Å²) in [4.78, 5) is 8.33. The quantitative estimate of drug-likeness (QED) is 0.332. The molecule has 0 spiro atoms. The summed E-state index contributed by atoms with van der Waals surface area (Å²) in [7, 11) is 1.69. The Morgan fingerprint density at radius 2 is 2.00 bits per heavy atom. The molecule has 2 aromatic carbocycles. The summed E-state index contributed by atoms with van der Waals surface area (Å²) in [6, 6.07) is 18.9. The number of aromatic nitrogens is 2. The molecule has 0 saturated carbocycles. The molecular formula is C25H23N3OS. The topological polar surface area (TPSA) is 49.9 Å². The monoisotopic (exact) mass is 413 g/mol. The molecule has 0 aliphatic heterocycles. The van der Waals surface area contributed by atoms with Gasteiger partial charge in [-0.2, -0.15) is 11.3 Å². The number of aromatic amines is 1. The minimum absolute atomic E-state index is 0.780. The van der Waals surface area contributed by atoms with Crippen molar-refractivity contribution in [2.45, 2.75) is 13.0 Å². The Morgan fingerprint density at radius 3 is 2.87 bits per heavy atom. The zero-order valence-corrected chi connectivity index (χ0v) is 17.6. The number of nitrogens with one attached hydrogen (secondary N) is 2. The first-order valence-electron chi connectivity index (χ1n) is 10.1. The molecule has 0 unspecified atom stereocenters. The van der Waals surface area contributed by atoms with E-state index in [0.717, 1.165) is 47.4 Å². The summed E-state index contributed by atoms with van der Waals surface area (Å²) < 4.78 is 5.38. The van der Waals surface area contributed by atoms with Crippen LogP contribution in [0.15, 0.2) is 71.6 Å². The van der Waals surface area contributed by atoms with Gasteiger partial charge in [-0.15, -0.1) is 0 Å². The van der Waals surface area contributed by atoms with E-state index in [9.17, 15) is 0 Å². The van der Waals surface area contributed by atoms with Crippen molar-refractivity contribution >= 4 is 33.1 Å². The standard InChI is InChI=1S/C25H23N3OS/c1-29-21-7-6-17-12-20(25(28-24(17)13-21)19-9-11-30-16-19)14-26-10-8-18-15-27-23-5-3-2-4-22(18)23/h2-7,9,11-13,15-16,26-27H,8,10,14H2,1H3. The fraction of sp³-hybridized carbons (Fsp3) is 0.160. The normalized spacial score (nSPS) is 11.4. The molecule has 5 rings (SSSR count). The largest absolute Gasteiger partial charge is 0.497 e. The van der Waals surface area contributed by atoms with Gasteiger partial charge in [-0.3, -0.25) is 0 Å². The van der Waals surface area contributed by atoms with Gasteiger partial charge >= 0.3 is 0 Å². The fourth-order valence-corrected chi connectivity index (χ4v) is 4.53. The number of pyridine rings is 1. The summed E-state index contributed by atoms with van der Waals surface area (Å²) in [6.45, 7) is 1.69. The SMILES string of the molecule is COc1ccc2cc(CNCCc3c[nH]c4ccccc34)c(-c3ccsc3)nc2c1. The molecule has 5 heteroatoms. The molecule has 5 aromatic rings. The number of hydrogen-bond donors (Lipinski definition) is 2. The summed E-state index contributed by atoms with van der Waals surface area (Å²) in [6.07, 6.45) is 3.10. The Labute approximate surface area is 179 Å². The number of H-pyrrole nitrogens is 1. The Hall–Kier alpha value is -3.15. The van der Waals surface area contributed by atoms with Crippen LogP contribution in [0.3, 0.4) is 0 Å². The van der Waals surface area contributed by atoms with Crippen LogP contribution in [0, 0.1) is 0 Å². The van der Waals surface area contributed by atoms with E-state index in [1.54, 1.807) is 18.4 Å². The molecule has 0 atom stereocenters. The molecule has 0 aliphatic carbocycles. The lowest BCUT2D eigenvalue weighted by Gasteiger charge is -2.12. The molecule has 3 heterocycles. The van der Waals surface area contributed by atoms with E-state index in [0.29, 0.717) is 0 Å². The maximum absolute atomic E-state index is 5.38. The van der Waals surface area contributed by atoms with Crippen LogP contribution in [0.5, 0.6) is 5.75 Å². The number of benzene rings is 2. The van der Waals surface area contributed by atoms with Crippen LogP contribution in [0.2, 0.25) is 0 Å². The van der Waals surface area contributed by atoms with Crippen molar-refractivity contribution in [2.75, 3.05) is 13.7 Å². The highest BCUT2D eigenvalue weighted by Crippen LogP contribution is 2.29. The maximum Gasteiger partial charge on any atom is 0.121 e. The Morgan fingerprint density at radius 1 is 1.07 bits per heavy atom. The van der Waals surface area contributed by atoms with Crippen LogP contribution in [0.25, 0.3) is 33.1 Å². The third kappa shape index (κ3) is 3.70. The molecule has 0 fully saturated rings. The second kappa shape index (κ2) is 8.30. The van der Waals surface area contributed by atoms with Crippen LogP contribution < -0.4 is 10.1 Å². The van der Waals surface area contributed by atoms with Gasteiger partial charge in [0.05, 0.1) is 18.3 Å². The van der Waals surface area contributed by atoms with Crippen LogP contribution in [0.1, 0.15) is 11.1 Å². The van der Waals surface area contributed by atoms with Gasteiger partial charge in [-0.1, -0.05) is 18.2 Å². The average Bonchev–Trinajstić information content (AvgIpc) is 3.46. The molecule has 2 N–H and O–H groups in total. The van der Waals surface area contributed by atoms with Crippen molar-refractivity contribution in [3.63, 3.8) is 0 Å². The van der Waals surface area contributed by atoms with E-state index in [1.165, 1.54) is 22.0 Å². The molecule has 4 nitrogen and oxygen atoms in total. The molecule has 150 valence electrons. The van der Waals surface area contributed by atoms with Crippen LogP contribution in [-0.4, -0.2) is 23.6 Å². The Bertz CT molecular complexity index is 1290. The van der Waals surface area contributed by atoms with E-state index in [-0.39, 0.29) is 0 Å². The second-order valence-corrected chi connectivity index (χ2v) is 8.13. The van der Waals surface area contributed by atoms with Crippen LogP contribution >= 0.6 is 11.3 Å². The number of fused-ring (bicyclic) bond motifs is 2. The third-order valence-electron chi connectivity index (χ3n) is 5.46. The molecule has 0 bridgehead atoms. The minimum atomic E-state index is 0.780.